The van der Waals surface area contributed by atoms with E-state index in [9.17, 15) is 9.90 Å². The van der Waals surface area contributed by atoms with Crippen molar-refractivity contribution >= 4 is 17.5 Å². The molecule has 23 heavy (non-hydrogen) atoms. The van der Waals surface area contributed by atoms with Crippen molar-refractivity contribution in [2.24, 2.45) is 7.05 Å². The number of nitrogens with zero attached hydrogens (tertiary/aromatic N) is 4. The van der Waals surface area contributed by atoms with Crippen molar-refractivity contribution in [1.82, 2.24) is 20.2 Å². The Morgan fingerprint density at radius 3 is 2.83 bits per heavy atom. The van der Waals surface area contributed by atoms with Gasteiger partial charge in [0.15, 0.2) is 17.3 Å². The van der Waals surface area contributed by atoms with Crippen LogP contribution in [0.2, 0.25) is 0 Å². The van der Waals surface area contributed by atoms with Gasteiger partial charge >= 0.3 is 0 Å². The Hall–Kier alpha value is -2.13. The minimum absolute atomic E-state index is 0.0522. The molecule has 8 nitrogen and oxygen atoms in total. The summed E-state index contributed by atoms with van der Waals surface area (Å²) in [7, 11) is 3.23. The van der Waals surface area contributed by atoms with E-state index in [1.807, 2.05) is 0 Å². The van der Waals surface area contributed by atoms with E-state index in [0.29, 0.717) is 28.0 Å². The molecule has 0 amide bonds. The molecule has 0 aliphatic carbocycles. The van der Waals surface area contributed by atoms with E-state index in [0.717, 1.165) is 0 Å². The van der Waals surface area contributed by atoms with Crippen LogP contribution < -0.4 is 9.47 Å². The zero-order valence-corrected chi connectivity index (χ0v) is 13.9. The molecule has 1 atom stereocenters. The minimum atomic E-state index is -0.700. The number of tetrazole rings is 1. The molecule has 0 aliphatic rings. The molecule has 0 radical (unpaired) electrons. The first-order chi connectivity index (χ1) is 11.0. The Labute approximate surface area is 137 Å². The molecule has 0 bridgehead atoms. The van der Waals surface area contributed by atoms with Crippen LogP contribution in [-0.4, -0.2) is 56.7 Å². The molecule has 124 valence electrons. The van der Waals surface area contributed by atoms with Crippen LogP contribution in [0.1, 0.15) is 17.3 Å². The standard InChI is InChI=1S/C14H18N4O4S/c1-9(19)10-4-5-12(13(6-10)21-3)22-7-11(20)8-23-14-15-16-17-18(14)2/h4-6,11,20H,7-8H2,1-3H3. The third-order valence-corrected chi connectivity index (χ3v) is 4.14. The maximum absolute atomic E-state index is 11.4. The van der Waals surface area contributed by atoms with Crippen LogP contribution >= 0.6 is 11.8 Å². The van der Waals surface area contributed by atoms with E-state index in [2.05, 4.69) is 15.5 Å². The quantitative estimate of drug-likeness (QED) is 0.561. The second-order valence-electron chi connectivity index (χ2n) is 4.78. The number of aromatic nitrogens is 4. The van der Waals surface area contributed by atoms with Crippen LogP contribution in [-0.2, 0) is 7.05 Å². The van der Waals surface area contributed by atoms with Crippen molar-refractivity contribution in [2.45, 2.75) is 18.2 Å². The van der Waals surface area contributed by atoms with Crippen molar-refractivity contribution in [3.8, 4) is 11.5 Å². The second kappa shape index (κ2) is 7.93. The fraction of sp³-hybridized carbons (Fsp3) is 0.429. The Balaban J connectivity index is 1.89. The van der Waals surface area contributed by atoms with Crippen LogP contribution in [0.25, 0.3) is 0 Å². The molecular formula is C14H18N4O4S. The average Bonchev–Trinajstić information content (AvgIpc) is 2.95. The Morgan fingerprint density at radius 1 is 1.43 bits per heavy atom. The van der Waals surface area contributed by atoms with Gasteiger partial charge in [0.25, 0.3) is 0 Å². The molecule has 1 aromatic carbocycles. The number of Topliss-reactive ketones (excluding diaryl/α,β-unsaturated/α-hetero) is 1. The van der Waals surface area contributed by atoms with E-state index in [1.54, 1.807) is 25.2 Å². The molecule has 0 spiro atoms. The summed E-state index contributed by atoms with van der Waals surface area (Å²) in [5.74, 6) is 1.27. The molecule has 1 unspecified atom stereocenters. The molecule has 0 saturated carbocycles. The number of carbonyl (C=O) groups excluding carboxylic acids is 1. The number of aliphatic hydroxyl groups is 1. The molecule has 2 rings (SSSR count). The van der Waals surface area contributed by atoms with Crippen molar-refractivity contribution in [3.05, 3.63) is 23.8 Å². The third kappa shape index (κ3) is 4.67. The van der Waals surface area contributed by atoms with E-state index in [1.165, 1.54) is 30.5 Å². The normalized spacial score (nSPS) is 12.0. The highest BCUT2D eigenvalue weighted by Gasteiger charge is 2.13. The first-order valence-corrected chi connectivity index (χ1v) is 7.84. The molecular weight excluding hydrogens is 320 g/mol. The van der Waals surface area contributed by atoms with Gasteiger partial charge in [-0.25, -0.2) is 4.68 Å². The number of ether oxygens (including phenoxy) is 2. The van der Waals surface area contributed by atoms with Gasteiger partial charge in [-0.05, 0) is 35.5 Å². The van der Waals surface area contributed by atoms with Crippen molar-refractivity contribution in [2.75, 3.05) is 19.5 Å². The van der Waals surface area contributed by atoms with Gasteiger partial charge in [0.05, 0.1) is 13.2 Å². The minimum Gasteiger partial charge on any atom is -0.493 e. The third-order valence-electron chi connectivity index (χ3n) is 2.99. The molecule has 0 fully saturated rings. The Kier molecular flexibility index (Phi) is 5.94. The predicted molar refractivity (Wildman–Crippen MR) is 84.0 cm³/mol. The summed E-state index contributed by atoms with van der Waals surface area (Å²) in [6.45, 7) is 1.58. The van der Waals surface area contributed by atoms with Gasteiger partial charge in [0.2, 0.25) is 5.16 Å². The summed E-state index contributed by atoms with van der Waals surface area (Å²) in [5, 5.41) is 21.7. The zero-order valence-electron chi connectivity index (χ0n) is 13.1. The summed E-state index contributed by atoms with van der Waals surface area (Å²) in [6, 6.07) is 4.93. The summed E-state index contributed by atoms with van der Waals surface area (Å²) in [4.78, 5) is 11.4. The van der Waals surface area contributed by atoms with E-state index >= 15 is 0 Å². The maximum Gasteiger partial charge on any atom is 0.209 e. The number of ketones is 1. The molecule has 1 heterocycles. The van der Waals surface area contributed by atoms with Crippen molar-refractivity contribution < 1.29 is 19.4 Å². The highest BCUT2D eigenvalue weighted by Crippen LogP contribution is 2.28. The van der Waals surface area contributed by atoms with Gasteiger partial charge in [0.1, 0.15) is 6.61 Å². The number of carbonyl (C=O) groups is 1. The van der Waals surface area contributed by atoms with Crippen LogP contribution in [0.4, 0.5) is 0 Å². The molecule has 0 aliphatic heterocycles. The van der Waals surface area contributed by atoms with Gasteiger partial charge in [-0.1, -0.05) is 11.8 Å². The number of thioether (sulfide) groups is 1. The molecule has 0 saturated heterocycles. The number of aliphatic hydroxyl groups excluding tert-OH is 1. The van der Waals surface area contributed by atoms with Gasteiger partial charge in [-0.2, -0.15) is 0 Å². The van der Waals surface area contributed by atoms with Gasteiger partial charge in [-0.15, -0.1) is 5.10 Å². The topological polar surface area (TPSA) is 99.4 Å². The molecule has 2 aromatic rings. The number of hydrogen-bond donors (Lipinski definition) is 1. The lowest BCUT2D eigenvalue weighted by atomic mass is 10.1. The number of hydrogen-bond acceptors (Lipinski definition) is 8. The zero-order chi connectivity index (χ0) is 16.8. The largest absolute Gasteiger partial charge is 0.493 e. The van der Waals surface area contributed by atoms with Crippen LogP contribution in [0.3, 0.4) is 0 Å². The number of benzene rings is 1. The predicted octanol–water partition coefficient (Wildman–Crippen LogP) is 0.953. The Morgan fingerprint density at radius 2 is 2.22 bits per heavy atom. The van der Waals surface area contributed by atoms with Gasteiger partial charge in [-0.3, -0.25) is 4.79 Å². The number of methoxy groups -OCH3 is 1. The van der Waals surface area contributed by atoms with E-state index in [-0.39, 0.29) is 12.4 Å². The van der Waals surface area contributed by atoms with E-state index < -0.39 is 6.10 Å². The summed E-state index contributed by atoms with van der Waals surface area (Å²) in [6.07, 6.45) is -0.700. The van der Waals surface area contributed by atoms with Gasteiger partial charge < -0.3 is 14.6 Å². The molecule has 1 aromatic heterocycles. The second-order valence-corrected chi connectivity index (χ2v) is 5.77. The summed E-state index contributed by atoms with van der Waals surface area (Å²) < 4.78 is 12.3. The average molecular weight is 338 g/mol. The first-order valence-electron chi connectivity index (χ1n) is 6.86. The Bertz CT molecular complexity index is 677. The lowest BCUT2D eigenvalue weighted by Crippen LogP contribution is -2.20. The smallest absolute Gasteiger partial charge is 0.209 e. The molecule has 9 heteroatoms. The van der Waals surface area contributed by atoms with Crippen LogP contribution in [0, 0.1) is 0 Å². The first kappa shape index (κ1) is 17.2. The highest BCUT2D eigenvalue weighted by atomic mass is 32.2. The van der Waals surface area contributed by atoms with Crippen LogP contribution in [0.5, 0.6) is 11.5 Å². The lowest BCUT2D eigenvalue weighted by Gasteiger charge is -2.14. The number of aryl methyl sites for hydroxylation is 1. The fourth-order valence-corrected chi connectivity index (χ4v) is 2.51. The lowest BCUT2D eigenvalue weighted by molar-refractivity contribution is 0.101. The monoisotopic (exact) mass is 338 g/mol. The SMILES string of the molecule is COc1cc(C(C)=O)ccc1OCC(O)CSc1nnnn1C. The summed E-state index contributed by atoms with van der Waals surface area (Å²) in [5.41, 5.74) is 0.542. The fourth-order valence-electron chi connectivity index (χ4n) is 1.75. The molecule has 1 N–H and O–H groups in total. The van der Waals surface area contributed by atoms with E-state index in [4.69, 9.17) is 9.47 Å². The highest BCUT2D eigenvalue weighted by molar-refractivity contribution is 7.99. The maximum atomic E-state index is 11.4. The summed E-state index contributed by atoms with van der Waals surface area (Å²) >= 11 is 1.33. The van der Waals surface area contributed by atoms with Crippen LogP contribution in [0.15, 0.2) is 23.4 Å². The van der Waals surface area contributed by atoms with Gasteiger partial charge in [0, 0.05) is 18.4 Å². The number of rotatable bonds is 8. The van der Waals surface area contributed by atoms with Crippen molar-refractivity contribution in [3.63, 3.8) is 0 Å². The van der Waals surface area contributed by atoms with Crippen molar-refractivity contribution in [1.29, 1.82) is 0 Å².